The van der Waals surface area contributed by atoms with Gasteiger partial charge in [-0.2, -0.15) is 0 Å². The zero-order chi connectivity index (χ0) is 21.1. The molecule has 0 saturated carbocycles. The molecule has 6 nitrogen and oxygen atoms in total. The predicted octanol–water partition coefficient (Wildman–Crippen LogP) is 3.86. The van der Waals surface area contributed by atoms with Crippen molar-refractivity contribution >= 4 is 17.5 Å². The molecule has 1 N–H and O–H groups in total. The quantitative estimate of drug-likeness (QED) is 0.531. The molecule has 0 aliphatic heterocycles. The molecule has 1 atom stereocenters. The second-order valence-corrected chi connectivity index (χ2v) is 7.81. The van der Waals surface area contributed by atoms with E-state index in [1.807, 2.05) is 21.0 Å². The molecule has 1 rings (SSSR count). The average molecular weight is 415 g/mol. The lowest BCUT2D eigenvalue weighted by Crippen LogP contribution is -2.35. The number of halogens is 1. The monoisotopic (exact) mass is 414 g/mol. The molecule has 0 bridgehead atoms. The fourth-order valence-electron chi connectivity index (χ4n) is 2.58. The number of ether oxygens (including phenoxy) is 3. The summed E-state index contributed by atoms with van der Waals surface area (Å²) in [7, 11) is 5.57. The van der Waals surface area contributed by atoms with Gasteiger partial charge in [0.25, 0.3) is 5.91 Å². The topological polar surface area (TPSA) is 60.0 Å². The standard InChI is InChI=1S/C21H35ClN2O4/c1-7-27-17(8-10-24(4)5)14-23-21(25)16-12-18(22)20(19(13-16)26-6)28-11-9-15(2)3/h12-13,15,17H,7-11,14H2,1-6H3,(H,23,25). The van der Waals surface area contributed by atoms with Crippen LogP contribution in [0.25, 0.3) is 0 Å². The van der Waals surface area contributed by atoms with Crippen LogP contribution in [0.5, 0.6) is 11.5 Å². The molecule has 1 unspecified atom stereocenters. The summed E-state index contributed by atoms with van der Waals surface area (Å²) in [6.07, 6.45) is 1.72. The van der Waals surface area contributed by atoms with Crippen LogP contribution in [0.2, 0.25) is 5.02 Å². The summed E-state index contributed by atoms with van der Waals surface area (Å²) in [5.74, 6) is 1.24. The molecule has 0 heterocycles. The molecular formula is C21H35ClN2O4. The average Bonchev–Trinajstić information content (AvgIpc) is 2.64. The van der Waals surface area contributed by atoms with Crippen LogP contribution in [0, 0.1) is 5.92 Å². The molecule has 0 aliphatic rings. The number of hydrogen-bond acceptors (Lipinski definition) is 5. The summed E-state index contributed by atoms with van der Waals surface area (Å²) in [5, 5.41) is 3.29. The molecule has 1 aromatic carbocycles. The number of hydrogen-bond donors (Lipinski definition) is 1. The van der Waals surface area contributed by atoms with Crippen molar-refractivity contribution in [2.24, 2.45) is 5.92 Å². The molecule has 0 saturated heterocycles. The number of carbonyl (C=O) groups excluding carboxylic acids is 1. The number of rotatable bonds is 13. The Bertz CT molecular complexity index is 608. The highest BCUT2D eigenvalue weighted by Gasteiger charge is 2.17. The van der Waals surface area contributed by atoms with E-state index in [-0.39, 0.29) is 12.0 Å². The maximum absolute atomic E-state index is 12.6. The van der Waals surface area contributed by atoms with Gasteiger partial charge < -0.3 is 24.4 Å². The summed E-state index contributed by atoms with van der Waals surface area (Å²) < 4.78 is 16.9. The van der Waals surface area contributed by atoms with Gasteiger partial charge in [0, 0.05) is 25.3 Å². The predicted molar refractivity (Wildman–Crippen MR) is 114 cm³/mol. The van der Waals surface area contributed by atoms with E-state index < -0.39 is 0 Å². The number of nitrogens with one attached hydrogen (secondary N) is 1. The van der Waals surface area contributed by atoms with Gasteiger partial charge in [-0.1, -0.05) is 25.4 Å². The molecule has 160 valence electrons. The smallest absolute Gasteiger partial charge is 0.251 e. The largest absolute Gasteiger partial charge is 0.493 e. The first-order chi connectivity index (χ1) is 13.3. The van der Waals surface area contributed by atoms with Crippen LogP contribution >= 0.6 is 11.6 Å². The third kappa shape index (κ3) is 8.67. The molecule has 1 aromatic rings. The lowest BCUT2D eigenvalue weighted by atomic mass is 10.1. The van der Waals surface area contributed by atoms with Crippen molar-refractivity contribution in [2.45, 2.75) is 39.7 Å². The van der Waals surface area contributed by atoms with Gasteiger partial charge in [0.15, 0.2) is 11.5 Å². The van der Waals surface area contributed by atoms with E-state index >= 15 is 0 Å². The van der Waals surface area contributed by atoms with Crippen LogP contribution in [0.3, 0.4) is 0 Å². The summed E-state index contributed by atoms with van der Waals surface area (Å²) in [5.41, 5.74) is 0.431. The van der Waals surface area contributed by atoms with Gasteiger partial charge in [-0.3, -0.25) is 4.79 Å². The van der Waals surface area contributed by atoms with Gasteiger partial charge in [-0.15, -0.1) is 0 Å². The van der Waals surface area contributed by atoms with Crippen molar-refractivity contribution in [3.63, 3.8) is 0 Å². The van der Waals surface area contributed by atoms with E-state index in [1.165, 1.54) is 7.11 Å². The number of carbonyl (C=O) groups is 1. The van der Waals surface area contributed by atoms with E-state index in [4.69, 9.17) is 25.8 Å². The van der Waals surface area contributed by atoms with Crippen LogP contribution in [0.1, 0.15) is 44.0 Å². The lowest BCUT2D eigenvalue weighted by Gasteiger charge is -2.20. The lowest BCUT2D eigenvalue weighted by molar-refractivity contribution is 0.0496. The Balaban J connectivity index is 2.77. The molecule has 0 spiro atoms. The first kappa shape index (κ1) is 24.5. The highest BCUT2D eigenvalue weighted by atomic mass is 35.5. The summed E-state index contributed by atoms with van der Waals surface area (Å²) in [6.45, 7) is 8.69. The van der Waals surface area contributed by atoms with E-state index in [2.05, 4.69) is 24.1 Å². The van der Waals surface area contributed by atoms with Crippen LogP contribution in [0.4, 0.5) is 0 Å². The second-order valence-electron chi connectivity index (χ2n) is 7.40. The fourth-order valence-corrected chi connectivity index (χ4v) is 2.84. The normalized spacial score (nSPS) is 12.3. The molecular weight excluding hydrogens is 380 g/mol. The third-order valence-electron chi connectivity index (χ3n) is 4.22. The van der Waals surface area contributed by atoms with Gasteiger partial charge >= 0.3 is 0 Å². The van der Waals surface area contributed by atoms with Crippen molar-refractivity contribution in [3.8, 4) is 11.5 Å². The fraction of sp³-hybridized carbons (Fsp3) is 0.667. The van der Waals surface area contributed by atoms with E-state index in [1.54, 1.807) is 12.1 Å². The molecule has 0 aromatic heterocycles. The summed E-state index contributed by atoms with van der Waals surface area (Å²) in [4.78, 5) is 14.7. The van der Waals surface area contributed by atoms with Gasteiger partial charge in [-0.05, 0) is 51.9 Å². The maximum atomic E-state index is 12.6. The van der Waals surface area contributed by atoms with Crippen LogP contribution in [-0.2, 0) is 4.74 Å². The molecule has 7 heteroatoms. The van der Waals surface area contributed by atoms with Crippen molar-refractivity contribution in [1.29, 1.82) is 0 Å². The number of benzene rings is 1. The Hall–Kier alpha value is -1.50. The van der Waals surface area contributed by atoms with Gasteiger partial charge in [0.1, 0.15) is 0 Å². The van der Waals surface area contributed by atoms with Crippen molar-refractivity contribution in [2.75, 3.05) is 47.5 Å². The maximum Gasteiger partial charge on any atom is 0.251 e. The van der Waals surface area contributed by atoms with Crippen molar-refractivity contribution in [1.82, 2.24) is 10.2 Å². The summed E-state index contributed by atoms with van der Waals surface area (Å²) >= 11 is 6.35. The zero-order valence-corrected chi connectivity index (χ0v) is 18.8. The van der Waals surface area contributed by atoms with E-state index in [0.717, 1.165) is 19.4 Å². The molecule has 1 amide bonds. The Morgan fingerprint density at radius 3 is 2.54 bits per heavy atom. The molecule has 0 radical (unpaired) electrons. The van der Waals surface area contributed by atoms with Crippen LogP contribution in [0.15, 0.2) is 12.1 Å². The Morgan fingerprint density at radius 1 is 1.25 bits per heavy atom. The highest BCUT2D eigenvalue weighted by Crippen LogP contribution is 2.36. The highest BCUT2D eigenvalue weighted by molar-refractivity contribution is 6.32. The second kappa shape index (κ2) is 12.9. The number of amides is 1. The minimum absolute atomic E-state index is 0.0349. The zero-order valence-electron chi connectivity index (χ0n) is 18.0. The van der Waals surface area contributed by atoms with E-state index in [0.29, 0.717) is 47.8 Å². The molecule has 0 aliphatic carbocycles. The van der Waals surface area contributed by atoms with Crippen molar-refractivity contribution < 1.29 is 19.0 Å². The van der Waals surface area contributed by atoms with Crippen LogP contribution < -0.4 is 14.8 Å². The SMILES string of the molecule is CCOC(CCN(C)C)CNC(=O)c1cc(Cl)c(OCCC(C)C)c(OC)c1. The Kier molecular flexibility index (Phi) is 11.3. The van der Waals surface area contributed by atoms with Gasteiger partial charge in [-0.25, -0.2) is 0 Å². The van der Waals surface area contributed by atoms with Crippen molar-refractivity contribution in [3.05, 3.63) is 22.7 Å². The third-order valence-corrected chi connectivity index (χ3v) is 4.50. The first-order valence-corrected chi connectivity index (χ1v) is 10.2. The van der Waals surface area contributed by atoms with E-state index in [9.17, 15) is 4.79 Å². The van der Waals surface area contributed by atoms with Crippen LogP contribution in [-0.4, -0.2) is 64.4 Å². The summed E-state index contributed by atoms with van der Waals surface area (Å²) in [6, 6.07) is 3.26. The minimum atomic E-state index is -0.219. The minimum Gasteiger partial charge on any atom is -0.493 e. The number of methoxy groups -OCH3 is 1. The Labute approximate surface area is 174 Å². The van der Waals surface area contributed by atoms with Gasteiger partial charge in [0.05, 0.1) is 24.8 Å². The molecule has 0 fully saturated rings. The molecule has 28 heavy (non-hydrogen) atoms. The first-order valence-electron chi connectivity index (χ1n) is 9.83. The number of nitrogens with zero attached hydrogens (tertiary/aromatic N) is 1. The Morgan fingerprint density at radius 2 is 1.96 bits per heavy atom. The van der Waals surface area contributed by atoms with Gasteiger partial charge in [0.2, 0.25) is 0 Å².